The second kappa shape index (κ2) is 6.43. The minimum atomic E-state index is -4.44. The van der Waals surface area contributed by atoms with Crippen molar-refractivity contribution in [3.8, 4) is 11.3 Å². The summed E-state index contributed by atoms with van der Waals surface area (Å²) in [5, 5.41) is 10.9. The molecule has 0 saturated heterocycles. The highest BCUT2D eigenvalue weighted by atomic mass is 19.4. The van der Waals surface area contributed by atoms with Crippen LogP contribution in [-0.4, -0.2) is 10.2 Å². The number of alkyl halides is 3. The molecule has 0 saturated carbocycles. The Morgan fingerprint density at radius 3 is 2.32 bits per heavy atom. The molecular weight excluding hydrogens is 329 g/mol. The van der Waals surface area contributed by atoms with E-state index in [0.29, 0.717) is 22.6 Å². The molecule has 25 heavy (non-hydrogen) atoms. The van der Waals surface area contributed by atoms with Gasteiger partial charge in [-0.1, -0.05) is 24.3 Å². The Hall–Kier alpha value is -3.09. The Balaban J connectivity index is 2.13. The lowest BCUT2D eigenvalue weighted by atomic mass is 10.0. The molecule has 3 N–H and O–H groups in total. The van der Waals surface area contributed by atoms with Gasteiger partial charge in [0.1, 0.15) is 5.82 Å². The SMILES string of the molecule is Cc1cc(N)nnc1-c1ccc(C(F)(F)F)cc1Nc1ccccc1. The Bertz CT molecular complexity index is 893. The van der Waals surface area contributed by atoms with E-state index in [0.717, 1.165) is 17.7 Å². The number of para-hydroxylation sites is 1. The zero-order chi connectivity index (χ0) is 18.0. The minimum Gasteiger partial charge on any atom is -0.382 e. The summed E-state index contributed by atoms with van der Waals surface area (Å²) in [4.78, 5) is 0. The molecule has 0 aliphatic carbocycles. The number of hydrogen-bond donors (Lipinski definition) is 2. The number of aromatic nitrogens is 2. The van der Waals surface area contributed by atoms with Crippen LogP contribution in [-0.2, 0) is 6.18 Å². The molecule has 0 atom stereocenters. The maximum atomic E-state index is 13.1. The predicted octanol–water partition coefficient (Wildman–Crippen LogP) is 4.80. The molecule has 1 heterocycles. The summed E-state index contributed by atoms with van der Waals surface area (Å²) in [6, 6.07) is 14.1. The van der Waals surface area contributed by atoms with Crippen LogP contribution in [0.1, 0.15) is 11.1 Å². The smallest absolute Gasteiger partial charge is 0.382 e. The van der Waals surface area contributed by atoms with Crippen LogP contribution in [0.25, 0.3) is 11.3 Å². The number of nitrogens with one attached hydrogen (secondary N) is 1. The van der Waals surface area contributed by atoms with Crippen LogP contribution >= 0.6 is 0 Å². The van der Waals surface area contributed by atoms with Crippen molar-refractivity contribution in [2.75, 3.05) is 11.1 Å². The second-order valence-corrected chi connectivity index (χ2v) is 5.55. The molecule has 128 valence electrons. The highest BCUT2D eigenvalue weighted by molar-refractivity contribution is 5.81. The molecule has 0 bridgehead atoms. The van der Waals surface area contributed by atoms with Crippen molar-refractivity contribution in [3.05, 3.63) is 65.7 Å². The fraction of sp³-hybridized carbons (Fsp3) is 0.111. The van der Waals surface area contributed by atoms with E-state index >= 15 is 0 Å². The van der Waals surface area contributed by atoms with E-state index in [1.165, 1.54) is 6.07 Å². The van der Waals surface area contributed by atoms with Gasteiger partial charge >= 0.3 is 6.18 Å². The zero-order valence-electron chi connectivity index (χ0n) is 13.3. The quantitative estimate of drug-likeness (QED) is 0.716. The Morgan fingerprint density at radius 1 is 0.960 bits per heavy atom. The molecule has 0 amide bonds. The van der Waals surface area contributed by atoms with Gasteiger partial charge in [-0.05, 0) is 42.8 Å². The van der Waals surface area contributed by atoms with Gasteiger partial charge in [0.2, 0.25) is 0 Å². The van der Waals surface area contributed by atoms with E-state index in [4.69, 9.17) is 5.73 Å². The second-order valence-electron chi connectivity index (χ2n) is 5.55. The fourth-order valence-corrected chi connectivity index (χ4v) is 2.48. The lowest BCUT2D eigenvalue weighted by Crippen LogP contribution is -2.07. The first kappa shape index (κ1) is 16.8. The Morgan fingerprint density at radius 2 is 1.68 bits per heavy atom. The third kappa shape index (κ3) is 3.71. The van der Waals surface area contributed by atoms with Gasteiger partial charge in [0.25, 0.3) is 0 Å². The number of rotatable bonds is 3. The van der Waals surface area contributed by atoms with Crippen molar-refractivity contribution in [1.29, 1.82) is 0 Å². The van der Waals surface area contributed by atoms with Crippen LogP contribution in [0.5, 0.6) is 0 Å². The summed E-state index contributed by atoms with van der Waals surface area (Å²) < 4.78 is 39.3. The van der Waals surface area contributed by atoms with Crippen LogP contribution in [0.3, 0.4) is 0 Å². The molecule has 1 aromatic heterocycles. The number of aryl methyl sites for hydroxylation is 1. The summed E-state index contributed by atoms with van der Waals surface area (Å²) in [6.07, 6.45) is -4.44. The highest BCUT2D eigenvalue weighted by Gasteiger charge is 2.31. The molecule has 7 heteroatoms. The average Bonchev–Trinajstić information content (AvgIpc) is 2.55. The van der Waals surface area contributed by atoms with Crippen molar-refractivity contribution in [2.45, 2.75) is 13.1 Å². The van der Waals surface area contributed by atoms with E-state index in [1.807, 2.05) is 6.07 Å². The summed E-state index contributed by atoms with van der Waals surface area (Å²) >= 11 is 0. The van der Waals surface area contributed by atoms with Crippen molar-refractivity contribution >= 4 is 17.2 Å². The Labute approximate surface area is 142 Å². The molecule has 0 spiro atoms. The largest absolute Gasteiger partial charge is 0.416 e. The predicted molar refractivity (Wildman–Crippen MR) is 91.3 cm³/mol. The first-order valence-corrected chi connectivity index (χ1v) is 7.48. The third-order valence-electron chi connectivity index (χ3n) is 3.66. The first-order valence-electron chi connectivity index (χ1n) is 7.48. The van der Waals surface area contributed by atoms with Gasteiger partial charge in [-0.15, -0.1) is 10.2 Å². The molecular formula is C18H15F3N4. The third-order valence-corrected chi connectivity index (χ3v) is 3.66. The van der Waals surface area contributed by atoms with Crippen LogP contribution in [0.4, 0.5) is 30.4 Å². The van der Waals surface area contributed by atoms with Gasteiger partial charge in [-0.3, -0.25) is 0 Å². The van der Waals surface area contributed by atoms with Gasteiger partial charge in [-0.25, -0.2) is 0 Å². The minimum absolute atomic E-state index is 0.255. The lowest BCUT2D eigenvalue weighted by molar-refractivity contribution is -0.137. The molecule has 4 nitrogen and oxygen atoms in total. The molecule has 0 radical (unpaired) electrons. The monoisotopic (exact) mass is 344 g/mol. The molecule has 2 aromatic carbocycles. The van der Waals surface area contributed by atoms with Crippen molar-refractivity contribution in [3.63, 3.8) is 0 Å². The number of nitrogens with zero attached hydrogens (tertiary/aromatic N) is 2. The standard InChI is InChI=1S/C18H15F3N4/c1-11-9-16(22)24-25-17(11)14-8-7-12(18(19,20)21)10-15(14)23-13-5-3-2-4-6-13/h2-10,23H,1H3,(H2,22,24). The lowest BCUT2D eigenvalue weighted by Gasteiger charge is -2.16. The first-order chi connectivity index (χ1) is 11.8. The molecule has 3 rings (SSSR count). The van der Waals surface area contributed by atoms with E-state index in [1.54, 1.807) is 37.3 Å². The summed E-state index contributed by atoms with van der Waals surface area (Å²) in [5.74, 6) is 0.255. The van der Waals surface area contributed by atoms with Gasteiger partial charge in [-0.2, -0.15) is 13.2 Å². The van der Waals surface area contributed by atoms with Gasteiger partial charge < -0.3 is 11.1 Å². The summed E-state index contributed by atoms with van der Waals surface area (Å²) in [6.45, 7) is 1.78. The van der Waals surface area contributed by atoms with Crippen molar-refractivity contribution in [1.82, 2.24) is 10.2 Å². The van der Waals surface area contributed by atoms with Crippen LogP contribution in [0.2, 0.25) is 0 Å². The molecule has 0 unspecified atom stereocenters. The van der Waals surface area contributed by atoms with Gasteiger partial charge in [0.15, 0.2) is 0 Å². The topological polar surface area (TPSA) is 63.8 Å². The summed E-state index contributed by atoms with van der Waals surface area (Å²) in [5.41, 5.74) is 7.55. The fourth-order valence-electron chi connectivity index (χ4n) is 2.48. The van der Waals surface area contributed by atoms with E-state index in [9.17, 15) is 13.2 Å². The number of hydrogen-bond acceptors (Lipinski definition) is 4. The molecule has 0 aliphatic heterocycles. The maximum absolute atomic E-state index is 13.1. The van der Waals surface area contributed by atoms with Crippen LogP contribution < -0.4 is 11.1 Å². The van der Waals surface area contributed by atoms with Crippen LogP contribution in [0, 0.1) is 6.92 Å². The normalized spacial score (nSPS) is 11.4. The number of halogens is 3. The van der Waals surface area contributed by atoms with Crippen molar-refractivity contribution < 1.29 is 13.2 Å². The van der Waals surface area contributed by atoms with E-state index in [-0.39, 0.29) is 5.82 Å². The average molecular weight is 344 g/mol. The van der Waals surface area contributed by atoms with Crippen molar-refractivity contribution in [2.24, 2.45) is 0 Å². The number of nitrogens with two attached hydrogens (primary N) is 1. The van der Waals surface area contributed by atoms with E-state index in [2.05, 4.69) is 15.5 Å². The maximum Gasteiger partial charge on any atom is 0.416 e. The number of benzene rings is 2. The zero-order valence-corrected chi connectivity index (χ0v) is 13.3. The highest BCUT2D eigenvalue weighted by Crippen LogP contribution is 2.37. The number of nitrogen functional groups attached to an aromatic ring is 1. The summed E-state index contributed by atoms with van der Waals surface area (Å²) in [7, 11) is 0. The Kier molecular flexibility index (Phi) is 4.31. The molecule has 0 fully saturated rings. The van der Waals surface area contributed by atoms with Gasteiger partial charge in [0.05, 0.1) is 11.3 Å². The number of anilines is 3. The molecule has 0 aliphatic rings. The van der Waals surface area contributed by atoms with E-state index < -0.39 is 11.7 Å². The van der Waals surface area contributed by atoms with Crippen LogP contribution in [0.15, 0.2) is 54.6 Å². The molecule has 3 aromatic rings. The van der Waals surface area contributed by atoms with Gasteiger partial charge in [0, 0.05) is 16.9 Å².